The molecule has 1 amide bonds. The van der Waals surface area contributed by atoms with Crippen molar-refractivity contribution in [2.24, 2.45) is 0 Å². The van der Waals surface area contributed by atoms with E-state index in [4.69, 9.17) is 4.74 Å². The SMILES string of the molecule is O=C(NCC(O)COc1ccc(F)c(F)c1)c1c(F)cccc1F. The van der Waals surface area contributed by atoms with Crippen LogP contribution in [0.4, 0.5) is 17.6 Å². The van der Waals surface area contributed by atoms with Gasteiger partial charge in [-0.3, -0.25) is 4.79 Å². The monoisotopic (exact) mass is 343 g/mol. The Labute approximate surface area is 134 Å². The molecule has 128 valence electrons. The number of halogens is 4. The molecule has 1 atom stereocenters. The Balaban J connectivity index is 1.85. The molecule has 0 heterocycles. The molecule has 0 spiro atoms. The second-order valence-electron chi connectivity index (χ2n) is 4.85. The topological polar surface area (TPSA) is 58.6 Å². The highest BCUT2D eigenvalue weighted by Gasteiger charge is 2.18. The van der Waals surface area contributed by atoms with Crippen molar-refractivity contribution < 1.29 is 32.2 Å². The fourth-order valence-electron chi connectivity index (χ4n) is 1.83. The van der Waals surface area contributed by atoms with E-state index in [0.717, 1.165) is 30.3 Å². The van der Waals surface area contributed by atoms with Gasteiger partial charge in [0.25, 0.3) is 5.91 Å². The standard InChI is InChI=1S/C16H13F4NO3/c17-11-5-4-10(6-14(11)20)24-8-9(22)7-21-16(23)15-12(18)2-1-3-13(15)19/h1-6,9,22H,7-8H2,(H,21,23). The van der Waals surface area contributed by atoms with Gasteiger partial charge in [0.05, 0.1) is 0 Å². The molecule has 4 nitrogen and oxygen atoms in total. The van der Waals surface area contributed by atoms with Gasteiger partial charge in [-0.05, 0) is 24.3 Å². The van der Waals surface area contributed by atoms with Crippen LogP contribution in [-0.2, 0) is 0 Å². The maximum absolute atomic E-state index is 13.4. The fourth-order valence-corrected chi connectivity index (χ4v) is 1.83. The summed E-state index contributed by atoms with van der Waals surface area (Å²) in [6, 6.07) is 5.81. The molecule has 8 heteroatoms. The molecule has 0 radical (unpaired) electrons. The Morgan fingerprint density at radius 3 is 2.33 bits per heavy atom. The lowest BCUT2D eigenvalue weighted by atomic mass is 10.2. The Kier molecular flexibility index (Phi) is 5.75. The lowest BCUT2D eigenvalue weighted by molar-refractivity contribution is 0.0836. The number of carbonyl (C=O) groups is 1. The van der Waals surface area contributed by atoms with E-state index in [1.807, 2.05) is 0 Å². The highest BCUT2D eigenvalue weighted by atomic mass is 19.2. The predicted molar refractivity (Wildman–Crippen MR) is 76.6 cm³/mol. The molecule has 0 saturated heterocycles. The van der Waals surface area contributed by atoms with E-state index >= 15 is 0 Å². The van der Waals surface area contributed by atoms with Gasteiger partial charge >= 0.3 is 0 Å². The van der Waals surface area contributed by atoms with Crippen LogP contribution in [0.5, 0.6) is 5.75 Å². The molecule has 0 saturated carbocycles. The molecule has 0 aliphatic rings. The van der Waals surface area contributed by atoms with E-state index < -0.39 is 40.8 Å². The second-order valence-corrected chi connectivity index (χ2v) is 4.85. The summed E-state index contributed by atoms with van der Waals surface area (Å²) < 4.78 is 57.6. The second kappa shape index (κ2) is 7.78. The van der Waals surface area contributed by atoms with Crippen molar-refractivity contribution in [3.05, 3.63) is 65.2 Å². The first-order valence-electron chi connectivity index (χ1n) is 6.86. The van der Waals surface area contributed by atoms with E-state index in [0.29, 0.717) is 0 Å². The molecule has 0 aliphatic heterocycles. The van der Waals surface area contributed by atoms with Crippen LogP contribution in [0.1, 0.15) is 10.4 Å². The Morgan fingerprint density at radius 2 is 1.71 bits per heavy atom. The molecule has 0 bridgehead atoms. The molecule has 0 aromatic heterocycles. The van der Waals surface area contributed by atoms with Gasteiger partial charge in [0.1, 0.15) is 35.7 Å². The number of hydrogen-bond donors (Lipinski definition) is 2. The predicted octanol–water partition coefficient (Wildman–Crippen LogP) is 2.41. The van der Waals surface area contributed by atoms with E-state index in [1.54, 1.807) is 0 Å². The highest BCUT2D eigenvalue weighted by Crippen LogP contribution is 2.15. The number of rotatable bonds is 6. The van der Waals surface area contributed by atoms with E-state index in [1.165, 1.54) is 6.07 Å². The third kappa shape index (κ3) is 4.45. The van der Waals surface area contributed by atoms with Crippen molar-refractivity contribution in [2.45, 2.75) is 6.10 Å². The van der Waals surface area contributed by atoms with Gasteiger partial charge in [-0.1, -0.05) is 6.07 Å². The first-order valence-corrected chi connectivity index (χ1v) is 6.86. The minimum atomic E-state index is -1.23. The minimum absolute atomic E-state index is 0.0144. The largest absolute Gasteiger partial charge is 0.491 e. The number of carbonyl (C=O) groups excluding carboxylic acids is 1. The molecule has 2 N–H and O–H groups in total. The fraction of sp³-hybridized carbons (Fsp3) is 0.188. The summed E-state index contributed by atoms with van der Waals surface area (Å²) in [6.07, 6.45) is -1.23. The first kappa shape index (κ1) is 17.7. The Hall–Kier alpha value is -2.61. The Bertz CT molecular complexity index is 719. The molecule has 0 aliphatic carbocycles. The van der Waals surface area contributed by atoms with Crippen molar-refractivity contribution in [1.29, 1.82) is 0 Å². The molecule has 24 heavy (non-hydrogen) atoms. The first-order chi connectivity index (χ1) is 11.4. The molecule has 2 aromatic carbocycles. The molecule has 1 unspecified atom stereocenters. The summed E-state index contributed by atoms with van der Waals surface area (Å²) in [5, 5.41) is 11.8. The summed E-state index contributed by atoms with van der Waals surface area (Å²) in [6.45, 7) is -0.693. The molecule has 2 aromatic rings. The molecular weight excluding hydrogens is 330 g/mol. The highest BCUT2D eigenvalue weighted by molar-refractivity contribution is 5.94. The van der Waals surface area contributed by atoms with E-state index in [9.17, 15) is 27.5 Å². The summed E-state index contributed by atoms with van der Waals surface area (Å²) in [7, 11) is 0. The van der Waals surface area contributed by atoms with Crippen molar-refractivity contribution in [2.75, 3.05) is 13.2 Å². The van der Waals surface area contributed by atoms with Gasteiger partial charge in [-0.2, -0.15) is 0 Å². The van der Waals surface area contributed by atoms with Crippen LogP contribution in [0.3, 0.4) is 0 Å². The van der Waals surface area contributed by atoms with Crippen molar-refractivity contribution in [3.8, 4) is 5.75 Å². The van der Waals surface area contributed by atoms with Gasteiger partial charge in [-0.15, -0.1) is 0 Å². The van der Waals surface area contributed by atoms with Crippen molar-refractivity contribution in [1.82, 2.24) is 5.32 Å². The van der Waals surface area contributed by atoms with Crippen LogP contribution in [0.2, 0.25) is 0 Å². The maximum atomic E-state index is 13.4. The summed E-state index contributed by atoms with van der Waals surface area (Å²) in [5.74, 6) is -5.25. The average molecular weight is 343 g/mol. The van der Waals surface area contributed by atoms with Crippen molar-refractivity contribution in [3.63, 3.8) is 0 Å². The van der Waals surface area contributed by atoms with Crippen LogP contribution >= 0.6 is 0 Å². The smallest absolute Gasteiger partial charge is 0.257 e. The van der Waals surface area contributed by atoms with Gasteiger partial charge in [0.15, 0.2) is 11.6 Å². The van der Waals surface area contributed by atoms with E-state index in [-0.39, 0.29) is 18.9 Å². The van der Waals surface area contributed by atoms with Gasteiger partial charge in [0, 0.05) is 12.6 Å². The number of amides is 1. The summed E-state index contributed by atoms with van der Waals surface area (Å²) in [5.41, 5.74) is -0.758. The van der Waals surface area contributed by atoms with Gasteiger partial charge in [-0.25, -0.2) is 17.6 Å². The number of nitrogens with one attached hydrogen (secondary N) is 1. The zero-order valence-corrected chi connectivity index (χ0v) is 12.2. The summed E-state index contributed by atoms with van der Waals surface area (Å²) in [4.78, 5) is 11.7. The van der Waals surface area contributed by atoms with Crippen LogP contribution < -0.4 is 10.1 Å². The molecule has 2 rings (SSSR count). The van der Waals surface area contributed by atoms with Crippen LogP contribution in [0, 0.1) is 23.3 Å². The molecular formula is C16H13F4NO3. The maximum Gasteiger partial charge on any atom is 0.257 e. The number of aliphatic hydroxyl groups excluding tert-OH is 1. The lowest BCUT2D eigenvalue weighted by Crippen LogP contribution is -2.36. The Morgan fingerprint density at radius 1 is 1.04 bits per heavy atom. The van der Waals surface area contributed by atoms with Gasteiger partial charge < -0.3 is 15.2 Å². The summed E-state index contributed by atoms with van der Waals surface area (Å²) >= 11 is 0. The zero-order valence-electron chi connectivity index (χ0n) is 12.2. The normalized spacial score (nSPS) is 11.9. The van der Waals surface area contributed by atoms with Crippen LogP contribution in [0.25, 0.3) is 0 Å². The number of hydrogen-bond acceptors (Lipinski definition) is 3. The van der Waals surface area contributed by atoms with Crippen LogP contribution in [-0.4, -0.2) is 30.3 Å². The third-order valence-electron chi connectivity index (χ3n) is 3.02. The lowest BCUT2D eigenvalue weighted by Gasteiger charge is -2.14. The minimum Gasteiger partial charge on any atom is -0.491 e. The van der Waals surface area contributed by atoms with Gasteiger partial charge in [0.2, 0.25) is 0 Å². The molecule has 0 fully saturated rings. The number of benzene rings is 2. The number of aliphatic hydroxyl groups is 1. The van der Waals surface area contributed by atoms with E-state index in [2.05, 4.69) is 5.32 Å². The quantitative estimate of drug-likeness (QED) is 0.792. The third-order valence-corrected chi connectivity index (χ3v) is 3.02. The van der Waals surface area contributed by atoms with Crippen LogP contribution in [0.15, 0.2) is 36.4 Å². The average Bonchev–Trinajstić information content (AvgIpc) is 2.54. The zero-order chi connectivity index (χ0) is 17.7. The van der Waals surface area contributed by atoms with Crippen molar-refractivity contribution >= 4 is 5.91 Å². The number of ether oxygens (including phenoxy) is 1.